The number of carbonyl (C=O) groups excluding carboxylic acids is 2. The van der Waals surface area contributed by atoms with Gasteiger partial charge in [0.2, 0.25) is 21.8 Å². The maximum absolute atomic E-state index is 12.7. The number of benzene rings is 1. The average Bonchev–Trinajstić information content (AvgIpc) is 3.36. The van der Waals surface area contributed by atoms with E-state index >= 15 is 0 Å². The Balaban J connectivity index is 1.72. The van der Waals surface area contributed by atoms with Gasteiger partial charge in [-0.05, 0) is 43.4 Å². The lowest BCUT2D eigenvalue weighted by Crippen LogP contribution is -2.48. The molecule has 0 unspecified atom stereocenters. The molecule has 0 spiro atoms. The zero-order valence-corrected chi connectivity index (χ0v) is 16.6. The van der Waals surface area contributed by atoms with E-state index in [-0.39, 0.29) is 5.91 Å². The minimum atomic E-state index is -3.81. The second-order valence-corrected chi connectivity index (χ2v) is 9.69. The summed E-state index contributed by atoms with van der Waals surface area (Å²) in [5.41, 5.74) is -0.308. The molecule has 9 heteroatoms. The van der Waals surface area contributed by atoms with Crippen LogP contribution in [-0.2, 0) is 25.0 Å². The van der Waals surface area contributed by atoms with Crippen molar-refractivity contribution in [1.29, 1.82) is 0 Å². The molecule has 0 aromatic heterocycles. The van der Waals surface area contributed by atoms with Crippen molar-refractivity contribution in [2.45, 2.75) is 43.3 Å². The number of piperidine rings is 1. The highest BCUT2D eigenvalue weighted by Gasteiger charge is 2.53. The van der Waals surface area contributed by atoms with Gasteiger partial charge in [-0.2, -0.15) is 0 Å². The van der Waals surface area contributed by atoms with E-state index in [2.05, 4.69) is 4.72 Å². The number of nitrogens with zero attached hydrogens (tertiary/aromatic N) is 1. The van der Waals surface area contributed by atoms with Crippen molar-refractivity contribution >= 4 is 45.0 Å². The standard InChI is InChI=1S/C17H20Cl2N2O4S/c1-11(22)21-8-4-13(5-9-21)26(24,25)20-16(23)17(6-7-17)14-3-2-12(18)10-15(14)19/h2-3,10,13H,4-9H2,1H3,(H,20,23). The van der Waals surface area contributed by atoms with E-state index in [0.717, 1.165) is 0 Å². The molecule has 0 bridgehead atoms. The number of hydrogen-bond donors (Lipinski definition) is 1. The molecule has 2 amide bonds. The molecule has 2 aliphatic rings. The highest BCUT2D eigenvalue weighted by Crippen LogP contribution is 2.51. The lowest BCUT2D eigenvalue weighted by Gasteiger charge is -2.31. The molecule has 6 nitrogen and oxygen atoms in total. The van der Waals surface area contributed by atoms with Gasteiger partial charge in [0.25, 0.3) is 0 Å². The van der Waals surface area contributed by atoms with Crippen LogP contribution in [0, 0.1) is 0 Å². The molecule has 1 aliphatic heterocycles. The van der Waals surface area contributed by atoms with Crippen molar-refractivity contribution in [3.63, 3.8) is 0 Å². The van der Waals surface area contributed by atoms with Crippen LogP contribution in [0.25, 0.3) is 0 Å². The van der Waals surface area contributed by atoms with Crippen molar-refractivity contribution in [2.75, 3.05) is 13.1 Å². The van der Waals surface area contributed by atoms with E-state index in [1.54, 1.807) is 23.1 Å². The van der Waals surface area contributed by atoms with Crippen LogP contribution in [-0.4, -0.2) is 43.5 Å². The Hall–Kier alpha value is -1.31. The molecule has 0 radical (unpaired) electrons. The second-order valence-electron chi connectivity index (χ2n) is 6.89. The zero-order valence-electron chi connectivity index (χ0n) is 14.3. The highest BCUT2D eigenvalue weighted by molar-refractivity contribution is 7.90. The van der Waals surface area contributed by atoms with Crippen LogP contribution < -0.4 is 4.72 Å². The predicted molar refractivity (Wildman–Crippen MR) is 99.7 cm³/mol. The maximum atomic E-state index is 12.7. The summed E-state index contributed by atoms with van der Waals surface area (Å²) in [6.07, 6.45) is 1.71. The number of carbonyl (C=O) groups is 2. The third-order valence-corrected chi connectivity index (χ3v) is 7.56. The Morgan fingerprint density at radius 3 is 2.31 bits per heavy atom. The summed E-state index contributed by atoms with van der Waals surface area (Å²) in [6.45, 7) is 2.22. The monoisotopic (exact) mass is 418 g/mol. The fourth-order valence-electron chi connectivity index (χ4n) is 3.41. The molecule has 1 heterocycles. The number of halogens is 2. The first-order valence-electron chi connectivity index (χ1n) is 8.43. The minimum absolute atomic E-state index is 0.0702. The van der Waals surface area contributed by atoms with E-state index in [9.17, 15) is 18.0 Å². The van der Waals surface area contributed by atoms with Crippen LogP contribution in [0.1, 0.15) is 38.2 Å². The number of nitrogens with one attached hydrogen (secondary N) is 1. The van der Waals surface area contributed by atoms with Gasteiger partial charge in [-0.3, -0.25) is 14.3 Å². The molecule has 1 saturated heterocycles. The summed E-state index contributed by atoms with van der Waals surface area (Å²) in [5, 5.41) is 0.135. The maximum Gasteiger partial charge on any atom is 0.244 e. The van der Waals surface area contributed by atoms with Crippen molar-refractivity contribution in [3.05, 3.63) is 33.8 Å². The van der Waals surface area contributed by atoms with Gasteiger partial charge in [-0.1, -0.05) is 29.3 Å². The van der Waals surface area contributed by atoms with Gasteiger partial charge in [0.05, 0.1) is 10.7 Å². The molecule has 1 N–H and O–H groups in total. The minimum Gasteiger partial charge on any atom is -0.343 e. The Bertz CT molecular complexity index is 844. The zero-order chi connectivity index (χ0) is 19.1. The second kappa shape index (κ2) is 7.02. The average molecular weight is 419 g/mol. The van der Waals surface area contributed by atoms with Crippen molar-refractivity contribution in [1.82, 2.24) is 9.62 Å². The topological polar surface area (TPSA) is 83.6 Å². The Morgan fingerprint density at radius 2 is 1.81 bits per heavy atom. The van der Waals surface area contributed by atoms with Gasteiger partial charge in [-0.15, -0.1) is 0 Å². The van der Waals surface area contributed by atoms with Crippen LogP contribution in [0.15, 0.2) is 18.2 Å². The van der Waals surface area contributed by atoms with Gasteiger partial charge >= 0.3 is 0 Å². The van der Waals surface area contributed by atoms with Crippen molar-refractivity contribution in [2.24, 2.45) is 0 Å². The van der Waals surface area contributed by atoms with Crippen LogP contribution in [0.2, 0.25) is 10.0 Å². The molecule has 142 valence electrons. The molecule has 1 aromatic rings. The summed E-state index contributed by atoms with van der Waals surface area (Å²) < 4.78 is 27.5. The first kappa shape index (κ1) is 19.5. The van der Waals surface area contributed by atoms with Crippen LogP contribution >= 0.6 is 23.2 Å². The Labute approximate surface area is 162 Å². The van der Waals surface area contributed by atoms with Crippen LogP contribution in [0.3, 0.4) is 0 Å². The smallest absolute Gasteiger partial charge is 0.244 e. The molecule has 1 saturated carbocycles. The SMILES string of the molecule is CC(=O)N1CCC(S(=O)(=O)NC(=O)C2(c3ccc(Cl)cc3Cl)CC2)CC1. The predicted octanol–water partition coefficient (Wildman–Crippen LogP) is 2.48. The van der Waals surface area contributed by atoms with E-state index in [4.69, 9.17) is 23.2 Å². The Morgan fingerprint density at radius 1 is 1.19 bits per heavy atom. The van der Waals surface area contributed by atoms with Gasteiger partial charge in [0, 0.05) is 30.1 Å². The number of hydrogen-bond acceptors (Lipinski definition) is 4. The summed E-state index contributed by atoms with van der Waals surface area (Å²) >= 11 is 12.1. The van der Waals surface area contributed by atoms with Gasteiger partial charge < -0.3 is 4.90 Å². The lowest BCUT2D eigenvalue weighted by molar-refractivity contribution is -0.129. The van der Waals surface area contributed by atoms with Gasteiger partial charge in [0.15, 0.2) is 0 Å². The first-order valence-corrected chi connectivity index (χ1v) is 10.7. The quantitative estimate of drug-likeness (QED) is 0.813. The number of sulfonamides is 1. The van der Waals surface area contributed by atoms with Gasteiger partial charge in [0.1, 0.15) is 0 Å². The number of rotatable bonds is 4. The molecular formula is C17H20Cl2N2O4S. The van der Waals surface area contributed by atoms with Crippen LogP contribution in [0.4, 0.5) is 0 Å². The van der Waals surface area contributed by atoms with Crippen molar-refractivity contribution in [3.8, 4) is 0 Å². The van der Waals surface area contributed by atoms with Gasteiger partial charge in [-0.25, -0.2) is 8.42 Å². The van der Waals surface area contributed by atoms with E-state index in [1.807, 2.05) is 0 Å². The summed E-state index contributed by atoms with van der Waals surface area (Å²) in [7, 11) is -3.81. The molecule has 1 aromatic carbocycles. The summed E-state index contributed by atoms with van der Waals surface area (Å²) in [6, 6.07) is 4.87. The summed E-state index contributed by atoms with van der Waals surface area (Å²) in [4.78, 5) is 25.7. The fourth-order valence-corrected chi connectivity index (χ4v) is 5.45. The number of amides is 2. The molecule has 0 atom stereocenters. The van der Waals surface area contributed by atoms with Crippen LogP contribution in [0.5, 0.6) is 0 Å². The molecule has 2 fully saturated rings. The third-order valence-electron chi connectivity index (χ3n) is 5.19. The highest BCUT2D eigenvalue weighted by atomic mass is 35.5. The van der Waals surface area contributed by atoms with Crippen molar-refractivity contribution < 1.29 is 18.0 Å². The third kappa shape index (κ3) is 3.70. The fraction of sp³-hybridized carbons (Fsp3) is 0.529. The molecule has 1 aliphatic carbocycles. The number of likely N-dealkylation sites (tertiary alicyclic amines) is 1. The van der Waals surface area contributed by atoms with E-state index < -0.39 is 26.6 Å². The first-order chi connectivity index (χ1) is 12.2. The molecular weight excluding hydrogens is 399 g/mol. The normalized spacial score (nSPS) is 19.9. The van der Waals surface area contributed by atoms with E-state index in [0.29, 0.717) is 54.4 Å². The molecule has 3 rings (SSSR count). The summed E-state index contributed by atoms with van der Waals surface area (Å²) in [5.74, 6) is -0.616. The Kier molecular flexibility index (Phi) is 5.25. The largest absolute Gasteiger partial charge is 0.343 e. The molecule has 26 heavy (non-hydrogen) atoms. The lowest BCUT2D eigenvalue weighted by atomic mass is 9.95. The van der Waals surface area contributed by atoms with E-state index in [1.165, 1.54) is 6.92 Å².